The topological polar surface area (TPSA) is 109 Å². The highest BCUT2D eigenvalue weighted by atomic mass is 15.1. The molecule has 6 aromatic carbocycles. The lowest BCUT2D eigenvalue weighted by Gasteiger charge is -2.10. The quantitative estimate of drug-likeness (QED) is 0.190. The molecule has 8 nitrogen and oxygen atoms in total. The Balaban J connectivity index is 1.28. The molecule has 3 aromatic heterocycles. The number of benzene rings is 6. The lowest BCUT2D eigenvalue weighted by Crippen LogP contribution is -1.89. The minimum absolute atomic E-state index is 0.558. The van der Waals surface area contributed by atoms with Crippen LogP contribution in [0.3, 0.4) is 0 Å². The fourth-order valence-corrected chi connectivity index (χ4v) is 7.47. The van der Waals surface area contributed by atoms with Crippen LogP contribution in [0.4, 0.5) is 0 Å². The molecule has 5 heterocycles. The fourth-order valence-electron chi connectivity index (χ4n) is 7.47. The van der Waals surface area contributed by atoms with Gasteiger partial charge in [0.05, 0.1) is 0 Å². The van der Waals surface area contributed by atoms with Crippen LogP contribution in [0.25, 0.3) is 106 Å². The third kappa shape index (κ3) is 4.28. The second-order valence-corrected chi connectivity index (χ2v) is 13.0. The van der Waals surface area contributed by atoms with Crippen molar-refractivity contribution >= 4 is 60.5 Å². The van der Waals surface area contributed by atoms with Crippen LogP contribution in [0.5, 0.6) is 0 Å². The average molecular weight is 667 g/mol. The van der Waals surface area contributed by atoms with Gasteiger partial charge in [0.25, 0.3) is 0 Å². The molecule has 0 fully saturated rings. The summed E-state index contributed by atoms with van der Waals surface area (Å²) in [6, 6.07) is 45.2. The number of rotatable bonds is 2. The van der Waals surface area contributed by atoms with Gasteiger partial charge in [-0.2, -0.15) is 0 Å². The Morgan fingerprint density at radius 1 is 0.404 bits per heavy atom. The molecule has 2 N–H and O–H groups in total. The second kappa shape index (κ2) is 10.8. The summed E-state index contributed by atoms with van der Waals surface area (Å²) < 4.78 is 0. The van der Waals surface area contributed by atoms with Crippen LogP contribution in [0.2, 0.25) is 0 Å². The molecular weight excluding hydrogens is 641 g/mol. The van der Waals surface area contributed by atoms with Crippen molar-refractivity contribution in [3.8, 4) is 45.6 Å². The van der Waals surface area contributed by atoms with E-state index in [1.165, 1.54) is 5.39 Å². The van der Waals surface area contributed by atoms with Gasteiger partial charge < -0.3 is 9.97 Å². The van der Waals surface area contributed by atoms with E-state index >= 15 is 0 Å². The number of nitrogens with one attached hydrogen (secondary N) is 2. The molecule has 0 aliphatic carbocycles. The maximum atomic E-state index is 5.26. The standard InChI is InChI=1S/C44H26N8/c1-24(26-22-21-25-11-2-3-12-27(25)23-26)28-19-10-20-35-36(28)44-51-42-34-18-9-8-17-33(34)40(49-42)47-38-30-14-5-4-13-29(30)37(45-38)46-39-31-15-6-7-16-32(31)41(48-39)50-43(35)52-44/h2-23H,1H2,(H2,45,46,47,48,49,50,51,52). The summed E-state index contributed by atoms with van der Waals surface area (Å²) in [5, 5.41) is 6.01. The third-order valence-electron chi connectivity index (χ3n) is 10.0. The summed E-state index contributed by atoms with van der Waals surface area (Å²) in [6.07, 6.45) is 0. The number of fused-ring (bicyclic) bond motifs is 21. The second-order valence-electron chi connectivity index (χ2n) is 13.0. The third-order valence-corrected chi connectivity index (χ3v) is 10.0. The maximum absolute atomic E-state index is 5.26. The zero-order valence-electron chi connectivity index (χ0n) is 27.6. The smallest absolute Gasteiger partial charge is 0.164 e. The van der Waals surface area contributed by atoms with Crippen LogP contribution in [0.1, 0.15) is 11.1 Å². The molecule has 0 saturated heterocycles. The Bertz CT molecular complexity index is 3170. The van der Waals surface area contributed by atoms with Crippen LogP contribution < -0.4 is 0 Å². The van der Waals surface area contributed by atoms with Crippen molar-refractivity contribution < 1.29 is 0 Å². The predicted molar refractivity (Wildman–Crippen MR) is 208 cm³/mol. The van der Waals surface area contributed by atoms with E-state index in [9.17, 15) is 0 Å². The Hall–Kier alpha value is -7.32. The molecule has 0 amide bonds. The molecule has 0 spiro atoms. The van der Waals surface area contributed by atoms with Gasteiger partial charge in [-0.25, -0.2) is 29.9 Å². The largest absolute Gasteiger partial charge is 0.324 e. The van der Waals surface area contributed by atoms with E-state index in [1.807, 2.05) is 78.9 Å². The number of H-pyrrole nitrogens is 2. The normalized spacial score (nSPS) is 11.9. The highest BCUT2D eigenvalue weighted by Gasteiger charge is 2.23. The van der Waals surface area contributed by atoms with E-state index in [1.54, 1.807) is 0 Å². The Morgan fingerprint density at radius 3 is 1.46 bits per heavy atom. The highest BCUT2D eigenvalue weighted by Crippen LogP contribution is 2.38. The Labute approximate surface area is 296 Å². The van der Waals surface area contributed by atoms with Gasteiger partial charge in [-0.15, -0.1) is 0 Å². The van der Waals surface area contributed by atoms with Gasteiger partial charge in [0.15, 0.2) is 23.3 Å². The van der Waals surface area contributed by atoms with Crippen LogP contribution in [0.15, 0.2) is 140 Å². The summed E-state index contributed by atoms with van der Waals surface area (Å²) in [7, 11) is 0. The lowest BCUT2D eigenvalue weighted by atomic mass is 9.94. The molecule has 11 rings (SSSR count). The molecule has 8 heteroatoms. The van der Waals surface area contributed by atoms with E-state index in [0.717, 1.165) is 65.9 Å². The molecule has 8 bridgehead atoms. The predicted octanol–water partition coefficient (Wildman–Crippen LogP) is 10.1. The highest BCUT2D eigenvalue weighted by molar-refractivity contribution is 6.12. The van der Waals surface area contributed by atoms with Crippen molar-refractivity contribution in [1.29, 1.82) is 0 Å². The zero-order valence-corrected chi connectivity index (χ0v) is 27.6. The average Bonchev–Trinajstić information content (AvgIpc) is 3.93. The molecule has 0 atom stereocenters. The summed E-state index contributed by atoms with van der Waals surface area (Å²) in [6.45, 7) is 4.62. The SMILES string of the molecule is C=C(c1ccc2ccccc2c1)c1cccc2c3nc4nc(nc5[nH]c(nc6nc(nc([nH]3)c12)-c1ccccc1-6)c1ccccc51)-c1ccccc1-4. The van der Waals surface area contributed by atoms with Gasteiger partial charge in [-0.05, 0) is 33.5 Å². The summed E-state index contributed by atoms with van der Waals surface area (Å²) in [5.41, 5.74) is 9.05. The van der Waals surface area contributed by atoms with Crippen molar-refractivity contribution in [2.45, 2.75) is 0 Å². The number of aromatic amines is 2. The van der Waals surface area contributed by atoms with Gasteiger partial charge in [-0.1, -0.05) is 134 Å². The van der Waals surface area contributed by atoms with Crippen LogP contribution >= 0.6 is 0 Å². The van der Waals surface area contributed by atoms with Gasteiger partial charge in [0.2, 0.25) is 0 Å². The summed E-state index contributed by atoms with van der Waals surface area (Å²) in [4.78, 5) is 37.8. The van der Waals surface area contributed by atoms with Crippen molar-refractivity contribution in [2.24, 2.45) is 0 Å². The van der Waals surface area contributed by atoms with E-state index in [4.69, 9.17) is 29.9 Å². The first-order valence-electron chi connectivity index (χ1n) is 17.1. The van der Waals surface area contributed by atoms with Gasteiger partial charge in [0, 0.05) is 43.8 Å². The van der Waals surface area contributed by atoms with Crippen LogP contribution in [-0.4, -0.2) is 39.9 Å². The van der Waals surface area contributed by atoms with E-state index < -0.39 is 0 Å². The molecular formula is C44H26N8. The molecule has 2 aliphatic heterocycles. The van der Waals surface area contributed by atoms with E-state index in [0.29, 0.717) is 45.9 Å². The van der Waals surface area contributed by atoms with E-state index in [2.05, 4.69) is 71.1 Å². The zero-order chi connectivity index (χ0) is 34.3. The molecule has 242 valence electrons. The molecule has 2 aliphatic rings. The minimum Gasteiger partial charge on any atom is -0.324 e. The van der Waals surface area contributed by atoms with Crippen molar-refractivity contribution in [3.63, 3.8) is 0 Å². The van der Waals surface area contributed by atoms with Gasteiger partial charge in [0.1, 0.15) is 22.6 Å². The van der Waals surface area contributed by atoms with Crippen molar-refractivity contribution in [1.82, 2.24) is 39.9 Å². The van der Waals surface area contributed by atoms with Gasteiger partial charge in [-0.3, -0.25) is 0 Å². The summed E-state index contributed by atoms with van der Waals surface area (Å²) >= 11 is 0. The van der Waals surface area contributed by atoms with Crippen LogP contribution in [-0.2, 0) is 0 Å². The van der Waals surface area contributed by atoms with Crippen LogP contribution in [0, 0.1) is 0 Å². The van der Waals surface area contributed by atoms with Gasteiger partial charge >= 0.3 is 0 Å². The monoisotopic (exact) mass is 666 g/mol. The maximum Gasteiger partial charge on any atom is 0.164 e. The first-order chi connectivity index (χ1) is 25.7. The van der Waals surface area contributed by atoms with Crippen molar-refractivity contribution in [2.75, 3.05) is 0 Å². The van der Waals surface area contributed by atoms with Crippen molar-refractivity contribution in [3.05, 3.63) is 151 Å². The number of hydrogen-bond acceptors (Lipinski definition) is 6. The molecule has 9 aromatic rings. The Morgan fingerprint density at radius 2 is 0.865 bits per heavy atom. The number of aromatic nitrogens is 8. The number of nitrogens with zero attached hydrogens (tertiary/aromatic N) is 6. The summed E-state index contributed by atoms with van der Waals surface area (Å²) in [5.74, 6) is 2.27. The molecule has 0 saturated carbocycles. The first-order valence-corrected chi connectivity index (χ1v) is 17.1. The van der Waals surface area contributed by atoms with E-state index in [-0.39, 0.29) is 0 Å². The molecule has 0 radical (unpaired) electrons. The lowest BCUT2D eigenvalue weighted by molar-refractivity contribution is 1.19. The molecule has 0 unspecified atom stereocenters. The first kappa shape index (κ1) is 28.5. The minimum atomic E-state index is 0.558. The number of hydrogen-bond donors (Lipinski definition) is 2. The fraction of sp³-hybridized carbons (Fsp3) is 0. The molecule has 52 heavy (non-hydrogen) atoms. The Kier molecular flexibility index (Phi) is 5.94.